The fourth-order valence-electron chi connectivity index (χ4n) is 1.87. The van der Waals surface area contributed by atoms with Gasteiger partial charge in [0.05, 0.1) is 0 Å². The molecule has 3 nitrogen and oxygen atoms in total. The predicted octanol–water partition coefficient (Wildman–Crippen LogP) is 4.58. The summed E-state index contributed by atoms with van der Waals surface area (Å²) in [7, 11) is 0. The standard InChI is InChI=1S/C16H17BrClNO2/c1-11(19)15-10-13(18)5-6-16(15)21-8-7-20-14-4-2-3-12(17)9-14/h2-6,9-11H,7-8,19H2,1H3/t11-/m1/s1. The average molecular weight is 371 g/mol. The Labute approximate surface area is 138 Å². The Morgan fingerprint density at radius 2 is 1.90 bits per heavy atom. The summed E-state index contributed by atoms with van der Waals surface area (Å²) in [4.78, 5) is 0. The highest BCUT2D eigenvalue weighted by atomic mass is 79.9. The quantitative estimate of drug-likeness (QED) is 0.757. The topological polar surface area (TPSA) is 44.5 Å². The minimum absolute atomic E-state index is 0.135. The first-order valence-corrected chi connectivity index (χ1v) is 7.79. The van der Waals surface area contributed by atoms with Crippen LogP contribution in [-0.2, 0) is 0 Å². The van der Waals surface area contributed by atoms with E-state index in [1.54, 1.807) is 6.07 Å². The molecule has 2 N–H and O–H groups in total. The number of benzene rings is 2. The van der Waals surface area contributed by atoms with E-state index < -0.39 is 0 Å². The lowest BCUT2D eigenvalue weighted by atomic mass is 10.1. The van der Waals surface area contributed by atoms with Gasteiger partial charge in [-0.15, -0.1) is 0 Å². The van der Waals surface area contributed by atoms with Crippen LogP contribution in [0.1, 0.15) is 18.5 Å². The van der Waals surface area contributed by atoms with Gasteiger partial charge in [0.15, 0.2) is 0 Å². The Morgan fingerprint density at radius 1 is 1.14 bits per heavy atom. The fraction of sp³-hybridized carbons (Fsp3) is 0.250. The lowest BCUT2D eigenvalue weighted by molar-refractivity contribution is 0.215. The van der Waals surface area contributed by atoms with Crippen molar-refractivity contribution in [2.24, 2.45) is 5.73 Å². The van der Waals surface area contributed by atoms with Crippen LogP contribution >= 0.6 is 27.5 Å². The zero-order valence-electron chi connectivity index (χ0n) is 11.7. The third-order valence-corrected chi connectivity index (χ3v) is 3.60. The van der Waals surface area contributed by atoms with E-state index >= 15 is 0 Å². The van der Waals surface area contributed by atoms with Crippen molar-refractivity contribution in [3.63, 3.8) is 0 Å². The zero-order chi connectivity index (χ0) is 15.2. The molecule has 5 heteroatoms. The molecule has 0 aliphatic rings. The maximum Gasteiger partial charge on any atom is 0.124 e. The summed E-state index contributed by atoms with van der Waals surface area (Å²) in [6, 6.07) is 13.0. The molecule has 0 fully saturated rings. The Morgan fingerprint density at radius 3 is 2.62 bits per heavy atom. The van der Waals surface area contributed by atoms with Crippen molar-refractivity contribution in [3.05, 3.63) is 57.5 Å². The second kappa shape index (κ2) is 7.69. The summed E-state index contributed by atoms with van der Waals surface area (Å²) in [6.07, 6.45) is 0. The van der Waals surface area contributed by atoms with Crippen LogP contribution in [0.3, 0.4) is 0 Å². The van der Waals surface area contributed by atoms with Crippen LogP contribution in [0.15, 0.2) is 46.9 Å². The van der Waals surface area contributed by atoms with E-state index in [0.717, 1.165) is 21.5 Å². The van der Waals surface area contributed by atoms with E-state index in [4.69, 9.17) is 26.8 Å². The number of nitrogens with two attached hydrogens (primary N) is 1. The zero-order valence-corrected chi connectivity index (χ0v) is 14.0. The van der Waals surface area contributed by atoms with E-state index in [9.17, 15) is 0 Å². The molecular weight excluding hydrogens is 354 g/mol. The van der Waals surface area contributed by atoms with Crippen molar-refractivity contribution in [2.45, 2.75) is 13.0 Å². The minimum Gasteiger partial charge on any atom is -0.490 e. The molecule has 0 aromatic heterocycles. The van der Waals surface area contributed by atoms with Crippen LogP contribution in [0.5, 0.6) is 11.5 Å². The van der Waals surface area contributed by atoms with Crippen LogP contribution in [0.2, 0.25) is 5.02 Å². The van der Waals surface area contributed by atoms with Crippen LogP contribution < -0.4 is 15.2 Å². The molecule has 2 aromatic rings. The molecular formula is C16H17BrClNO2. The van der Waals surface area contributed by atoms with Gasteiger partial charge in [0, 0.05) is 21.1 Å². The average Bonchev–Trinajstić information content (AvgIpc) is 2.44. The summed E-state index contributed by atoms with van der Waals surface area (Å²) in [5.41, 5.74) is 6.81. The van der Waals surface area contributed by atoms with Crippen molar-refractivity contribution >= 4 is 27.5 Å². The van der Waals surface area contributed by atoms with Crippen LogP contribution in [0.4, 0.5) is 0 Å². The molecule has 2 aromatic carbocycles. The molecule has 112 valence electrons. The second-order valence-corrected chi connectivity index (χ2v) is 5.98. The molecule has 0 amide bonds. The molecule has 0 aliphatic carbocycles. The lowest BCUT2D eigenvalue weighted by Crippen LogP contribution is -2.12. The van der Waals surface area contributed by atoms with Crippen molar-refractivity contribution in [1.82, 2.24) is 0 Å². The first-order chi connectivity index (χ1) is 10.1. The van der Waals surface area contributed by atoms with Crippen molar-refractivity contribution in [2.75, 3.05) is 13.2 Å². The van der Waals surface area contributed by atoms with Crippen LogP contribution in [0.25, 0.3) is 0 Å². The maximum atomic E-state index is 5.98. The summed E-state index contributed by atoms with van der Waals surface area (Å²) < 4.78 is 12.3. The molecule has 0 saturated heterocycles. The number of hydrogen-bond donors (Lipinski definition) is 1. The maximum absolute atomic E-state index is 5.98. The highest BCUT2D eigenvalue weighted by molar-refractivity contribution is 9.10. The van der Waals surface area contributed by atoms with Gasteiger partial charge in [-0.05, 0) is 43.3 Å². The van der Waals surface area contributed by atoms with E-state index in [1.807, 2.05) is 43.3 Å². The Hall–Kier alpha value is -1.23. The number of ether oxygens (including phenoxy) is 2. The van der Waals surface area contributed by atoms with Gasteiger partial charge in [0.1, 0.15) is 24.7 Å². The molecule has 0 radical (unpaired) electrons. The number of halogens is 2. The van der Waals surface area contributed by atoms with E-state index in [1.165, 1.54) is 0 Å². The summed E-state index contributed by atoms with van der Waals surface area (Å²) in [6.45, 7) is 2.79. The van der Waals surface area contributed by atoms with Crippen molar-refractivity contribution < 1.29 is 9.47 Å². The molecule has 0 spiro atoms. The second-order valence-electron chi connectivity index (χ2n) is 4.63. The van der Waals surface area contributed by atoms with Gasteiger partial charge < -0.3 is 15.2 Å². The first-order valence-electron chi connectivity index (χ1n) is 6.62. The molecule has 2 rings (SSSR count). The molecule has 0 bridgehead atoms. The third kappa shape index (κ3) is 4.92. The smallest absolute Gasteiger partial charge is 0.124 e. The van der Waals surface area contributed by atoms with E-state index in [0.29, 0.717) is 18.2 Å². The Bertz CT molecular complexity index is 605. The van der Waals surface area contributed by atoms with Gasteiger partial charge in [0.2, 0.25) is 0 Å². The van der Waals surface area contributed by atoms with Crippen molar-refractivity contribution in [1.29, 1.82) is 0 Å². The predicted molar refractivity (Wildman–Crippen MR) is 89.2 cm³/mol. The van der Waals surface area contributed by atoms with Crippen LogP contribution in [-0.4, -0.2) is 13.2 Å². The van der Waals surface area contributed by atoms with Gasteiger partial charge in [-0.3, -0.25) is 0 Å². The normalized spacial score (nSPS) is 12.0. The molecule has 0 heterocycles. The number of rotatable bonds is 6. The van der Waals surface area contributed by atoms with Gasteiger partial charge in [-0.2, -0.15) is 0 Å². The molecule has 0 aliphatic heterocycles. The fourth-order valence-corrected chi connectivity index (χ4v) is 2.43. The van der Waals surface area contributed by atoms with Crippen molar-refractivity contribution in [3.8, 4) is 11.5 Å². The van der Waals surface area contributed by atoms with Gasteiger partial charge in [-0.1, -0.05) is 33.6 Å². The summed E-state index contributed by atoms with van der Waals surface area (Å²) in [5.74, 6) is 1.55. The Kier molecular flexibility index (Phi) is 5.91. The highest BCUT2D eigenvalue weighted by Gasteiger charge is 2.09. The summed E-state index contributed by atoms with van der Waals surface area (Å²) in [5, 5.41) is 0.653. The molecule has 1 atom stereocenters. The lowest BCUT2D eigenvalue weighted by Gasteiger charge is -2.14. The van der Waals surface area contributed by atoms with Crippen LogP contribution in [0, 0.1) is 0 Å². The summed E-state index contributed by atoms with van der Waals surface area (Å²) >= 11 is 9.38. The molecule has 21 heavy (non-hydrogen) atoms. The Balaban J connectivity index is 1.89. The highest BCUT2D eigenvalue weighted by Crippen LogP contribution is 2.27. The minimum atomic E-state index is -0.135. The van der Waals surface area contributed by atoms with E-state index in [-0.39, 0.29) is 6.04 Å². The molecule has 0 saturated carbocycles. The van der Waals surface area contributed by atoms with Gasteiger partial charge in [0.25, 0.3) is 0 Å². The van der Waals surface area contributed by atoms with Gasteiger partial charge >= 0.3 is 0 Å². The largest absolute Gasteiger partial charge is 0.490 e. The monoisotopic (exact) mass is 369 g/mol. The molecule has 0 unspecified atom stereocenters. The number of hydrogen-bond acceptors (Lipinski definition) is 3. The van der Waals surface area contributed by atoms with E-state index in [2.05, 4.69) is 15.9 Å². The third-order valence-electron chi connectivity index (χ3n) is 2.87. The van der Waals surface area contributed by atoms with Gasteiger partial charge in [-0.25, -0.2) is 0 Å². The first kappa shape index (κ1) is 16.1. The SMILES string of the molecule is C[C@@H](N)c1cc(Cl)ccc1OCCOc1cccc(Br)c1.